The number of hydrogen-bond acceptors (Lipinski definition) is 4. The second-order valence-electron chi connectivity index (χ2n) is 4.29. The monoisotopic (exact) mass is 323 g/mol. The number of aromatic nitrogens is 1. The van der Waals surface area contributed by atoms with Gasteiger partial charge in [0.25, 0.3) is 5.91 Å². The predicted molar refractivity (Wildman–Crippen MR) is 77.2 cm³/mol. The third-order valence-electron chi connectivity index (χ3n) is 2.71. The van der Waals surface area contributed by atoms with Gasteiger partial charge in [0.2, 0.25) is 5.76 Å². The summed E-state index contributed by atoms with van der Waals surface area (Å²) in [6.07, 6.45) is 0. The molecule has 0 aliphatic heterocycles. The first-order chi connectivity index (χ1) is 8.88. The van der Waals surface area contributed by atoms with Gasteiger partial charge in [-0.25, -0.2) is 4.98 Å². The Morgan fingerprint density at radius 2 is 2.05 bits per heavy atom. The Balaban J connectivity index is 2.29. The Labute approximate surface area is 119 Å². The second kappa shape index (κ2) is 5.05. The summed E-state index contributed by atoms with van der Waals surface area (Å²) in [4.78, 5) is 16.2. The molecule has 1 amide bonds. The highest BCUT2D eigenvalue weighted by Crippen LogP contribution is 2.28. The average Bonchev–Trinajstić information content (AvgIpc) is 2.65. The number of rotatable bonds is 2. The summed E-state index contributed by atoms with van der Waals surface area (Å²) in [6, 6.07) is 3.55. The standard InChI is InChI=1S/C13H14BrN3O2/c1-6-4-9(14)11(5-10(6)15)17-13(18)12-7(2)16-8(3)19-12/h4-5H,15H2,1-3H3,(H,17,18). The molecule has 0 bridgehead atoms. The van der Waals surface area contributed by atoms with E-state index < -0.39 is 0 Å². The zero-order chi connectivity index (χ0) is 14.2. The van der Waals surface area contributed by atoms with Gasteiger partial charge < -0.3 is 15.5 Å². The largest absolute Gasteiger partial charge is 0.436 e. The number of nitrogens with one attached hydrogen (secondary N) is 1. The summed E-state index contributed by atoms with van der Waals surface area (Å²) in [5.41, 5.74) is 8.55. The lowest BCUT2D eigenvalue weighted by Crippen LogP contribution is -2.13. The van der Waals surface area contributed by atoms with Gasteiger partial charge in [0.15, 0.2) is 5.89 Å². The van der Waals surface area contributed by atoms with Crippen LogP contribution in [0.2, 0.25) is 0 Å². The summed E-state index contributed by atoms with van der Waals surface area (Å²) in [6.45, 7) is 5.32. The number of nitrogens with two attached hydrogens (primary N) is 1. The Morgan fingerprint density at radius 3 is 2.63 bits per heavy atom. The smallest absolute Gasteiger partial charge is 0.293 e. The van der Waals surface area contributed by atoms with Crippen molar-refractivity contribution in [1.29, 1.82) is 0 Å². The number of anilines is 2. The van der Waals surface area contributed by atoms with Gasteiger partial charge in [-0.15, -0.1) is 0 Å². The fourth-order valence-corrected chi connectivity index (χ4v) is 2.26. The van der Waals surface area contributed by atoms with Crippen LogP contribution in [-0.4, -0.2) is 10.9 Å². The third-order valence-corrected chi connectivity index (χ3v) is 3.37. The van der Waals surface area contributed by atoms with Crippen molar-refractivity contribution in [1.82, 2.24) is 4.98 Å². The maximum atomic E-state index is 12.1. The van der Waals surface area contributed by atoms with Gasteiger partial charge in [-0.05, 0) is 47.5 Å². The lowest BCUT2D eigenvalue weighted by atomic mass is 10.2. The minimum absolute atomic E-state index is 0.212. The van der Waals surface area contributed by atoms with Crippen LogP contribution in [0.15, 0.2) is 21.0 Å². The van der Waals surface area contributed by atoms with Crippen LogP contribution in [0, 0.1) is 20.8 Å². The normalized spacial score (nSPS) is 10.5. The molecule has 0 aliphatic carbocycles. The molecular formula is C13H14BrN3O2. The summed E-state index contributed by atoms with van der Waals surface area (Å²) in [5.74, 6) is 0.329. The highest BCUT2D eigenvalue weighted by atomic mass is 79.9. The van der Waals surface area contributed by atoms with Gasteiger partial charge in [0, 0.05) is 17.1 Å². The number of carbonyl (C=O) groups excluding carboxylic acids is 1. The van der Waals surface area contributed by atoms with Gasteiger partial charge in [0.1, 0.15) is 0 Å². The van der Waals surface area contributed by atoms with Crippen molar-refractivity contribution in [3.63, 3.8) is 0 Å². The van der Waals surface area contributed by atoms with Crippen LogP contribution in [0.3, 0.4) is 0 Å². The molecule has 100 valence electrons. The number of aryl methyl sites for hydroxylation is 3. The highest BCUT2D eigenvalue weighted by molar-refractivity contribution is 9.10. The van der Waals surface area contributed by atoms with E-state index in [1.807, 2.05) is 13.0 Å². The molecule has 0 saturated heterocycles. The van der Waals surface area contributed by atoms with Gasteiger partial charge in [-0.2, -0.15) is 0 Å². The van der Waals surface area contributed by atoms with Crippen LogP contribution < -0.4 is 11.1 Å². The summed E-state index contributed by atoms with van der Waals surface area (Å²) < 4.78 is 6.04. The van der Waals surface area contributed by atoms with Crippen LogP contribution >= 0.6 is 15.9 Å². The molecule has 2 rings (SSSR count). The summed E-state index contributed by atoms with van der Waals surface area (Å²) >= 11 is 3.39. The topological polar surface area (TPSA) is 81.2 Å². The molecule has 1 aromatic carbocycles. The Bertz CT molecular complexity index is 650. The van der Waals surface area contributed by atoms with E-state index in [1.54, 1.807) is 19.9 Å². The number of nitrogens with zero attached hydrogens (tertiary/aromatic N) is 1. The Kier molecular flexibility index (Phi) is 3.61. The molecule has 0 radical (unpaired) electrons. The van der Waals surface area contributed by atoms with E-state index in [0.29, 0.717) is 23.0 Å². The van der Waals surface area contributed by atoms with E-state index >= 15 is 0 Å². The Hall–Kier alpha value is -1.82. The molecule has 19 heavy (non-hydrogen) atoms. The van der Waals surface area contributed by atoms with Crippen molar-refractivity contribution in [3.8, 4) is 0 Å². The first kappa shape index (κ1) is 13.6. The van der Waals surface area contributed by atoms with Crippen molar-refractivity contribution in [2.45, 2.75) is 20.8 Å². The number of hydrogen-bond donors (Lipinski definition) is 2. The number of benzene rings is 1. The van der Waals surface area contributed by atoms with Crippen molar-refractivity contribution in [2.24, 2.45) is 0 Å². The van der Waals surface area contributed by atoms with Crippen molar-refractivity contribution < 1.29 is 9.21 Å². The molecule has 0 unspecified atom stereocenters. The predicted octanol–water partition coefficient (Wildman–Crippen LogP) is 3.20. The van der Waals surface area contributed by atoms with Gasteiger partial charge in [-0.1, -0.05) is 0 Å². The molecule has 5 nitrogen and oxygen atoms in total. The highest BCUT2D eigenvalue weighted by Gasteiger charge is 2.17. The maximum Gasteiger partial charge on any atom is 0.293 e. The average molecular weight is 324 g/mol. The maximum absolute atomic E-state index is 12.1. The molecule has 0 aliphatic rings. The van der Waals surface area contributed by atoms with Crippen LogP contribution in [-0.2, 0) is 0 Å². The summed E-state index contributed by atoms with van der Waals surface area (Å²) in [7, 11) is 0. The van der Waals surface area contributed by atoms with E-state index in [2.05, 4.69) is 26.2 Å². The first-order valence-corrected chi connectivity index (χ1v) is 6.48. The molecule has 3 N–H and O–H groups in total. The third kappa shape index (κ3) is 2.78. The molecule has 1 heterocycles. The first-order valence-electron chi connectivity index (χ1n) is 5.69. The molecular weight excluding hydrogens is 310 g/mol. The van der Waals surface area contributed by atoms with Crippen molar-refractivity contribution in [3.05, 3.63) is 39.5 Å². The van der Waals surface area contributed by atoms with Gasteiger partial charge in [0.05, 0.1) is 11.4 Å². The second-order valence-corrected chi connectivity index (χ2v) is 5.14. The number of halogens is 1. The molecule has 1 aromatic heterocycles. The van der Waals surface area contributed by atoms with E-state index in [0.717, 1.165) is 10.0 Å². The molecule has 2 aromatic rings. The molecule has 0 spiro atoms. The number of oxazole rings is 1. The lowest BCUT2D eigenvalue weighted by molar-refractivity contribution is 0.0994. The molecule has 0 fully saturated rings. The molecule has 6 heteroatoms. The van der Waals surface area contributed by atoms with Crippen LogP contribution in [0.4, 0.5) is 11.4 Å². The van der Waals surface area contributed by atoms with E-state index in [1.165, 1.54) is 0 Å². The zero-order valence-electron chi connectivity index (χ0n) is 10.9. The Morgan fingerprint density at radius 1 is 1.37 bits per heavy atom. The molecule has 0 saturated carbocycles. The number of nitrogen functional groups attached to an aromatic ring is 1. The number of amides is 1. The van der Waals surface area contributed by atoms with Crippen molar-refractivity contribution >= 4 is 33.2 Å². The van der Waals surface area contributed by atoms with Crippen molar-refractivity contribution in [2.75, 3.05) is 11.1 Å². The van der Waals surface area contributed by atoms with E-state index in [4.69, 9.17) is 10.2 Å². The lowest BCUT2D eigenvalue weighted by Gasteiger charge is -2.09. The zero-order valence-corrected chi connectivity index (χ0v) is 12.5. The van der Waals surface area contributed by atoms with E-state index in [-0.39, 0.29) is 11.7 Å². The van der Waals surface area contributed by atoms with Gasteiger partial charge >= 0.3 is 0 Å². The fourth-order valence-electron chi connectivity index (χ4n) is 1.71. The fraction of sp³-hybridized carbons (Fsp3) is 0.231. The SMILES string of the molecule is Cc1nc(C)c(C(=O)Nc2cc(N)c(C)cc2Br)o1. The van der Waals surface area contributed by atoms with Crippen LogP contribution in [0.25, 0.3) is 0 Å². The molecule has 0 atom stereocenters. The summed E-state index contributed by atoms with van der Waals surface area (Å²) in [5, 5.41) is 2.75. The van der Waals surface area contributed by atoms with Crippen LogP contribution in [0.1, 0.15) is 27.7 Å². The minimum Gasteiger partial charge on any atom is -0.436 e. The minimum atomic E-state index is -0.345. The number of carbonyl (C=O) groups is 1. The van der Waals surface area contributed by atoms with E-state index in [9.17, 15) is 4.79 Å². The quantitative estimate of drug-likeness (QED) is 0.831. The van der Waals surface area contributed by atoms with Gasteiger partial charge in [-0.3, -0.25) is 4.79 Å². The van der Waals surface area contributed by atoms with Crippen LogP contribution in [0.5, 0.6) is 0 Å².